The van der Waals surface area contributed by atoms with Crippen LogP contribution in [0.3, 0.4) is 0 Å². The van der Waals surface area contributed by atoms with Crippen LogP contribution >= 0.6 is 0 Å². The molecule has 8 N–H and O–H groups in total. The fraction of sp³-hybridized carbons (Fsp3) is 0.899. The molecule has 0 bridgehead atoms. The van der Waals surface area contributed by atoms with Gasteiger partial charge in [0, 0.05) is 0 Å². The van der Waals surface area contributed by atoms with Gasteiger partial charge in [0.1, 0.15) is 36.6 Å². The van der Waals surface area contributed by atoms with Gasteiger partial charge in [-0.2, -0.15) is 0 Å². The maximum Gasteiger partial charge on any atom is 0.249 e. The summed E-state index contributed by atoms with van der Waals surface area (Å²) in [6.45, 7) is 3.48. The van der Waals surface area contributed by atoms with Crippen LogP contribution < -0.4 is 5.32 Å². The number of unbranched alkanes of at least 4 members (excludes halogenated alkanes) is 42. The number of hydrogen-bond donors (Lipinski definition) is 8. The largest absolute Gasteiger partial charge is 0.394 e. The average molecular weight is 1130 g/mol. The van der Waals surface area contributed by atoms with Crippen molar-refractivity contribution in [2.45, 2.75) is 384 Å². The van der Waals surface area contributed by atoms with Gasteiger partial charge < -0.3 is 50.5 Å². The molecule has 0 aromatic rings. The SMILES string of the molecule is CCCCCCCCCCCCCC/C=C\CCCCCCCCCCCCCCCCCCC(O)C(=O)NC(COC1OC(CO)C(O)C(O)C1O)C(O)C(O)CCC/C=C/CC/C=C/CCCCCCCCCCCCCC. The Morgan fingerprint density at radius 3 is 1.11 bits per heavy atom. The zero-order chi connectivity index (χ0) is 58.2. The van der Waals surface area contributed by atoms with Crippen molar-refractivity contribution in [3.8, 4) is 0 Å². The highest BCUT2D eigenvalue weighted by molar-refractivity contribution is 5.80. The number of rotatable bonds is 60. The first-order chi connectivity index (χ1) is 39.2. The van der Waals surface area contributed by atoms with Crippen LogP contribution in [0, 0.1) is 0 Å². The smallest absolute Gasteiger partial charge is 0.249 e. The van der Waals surface area contributed by atoms with Crippen LogP contribution in [-0.2, 0) is 14.3 Å². The molecule has 11 nitrogen and oxygen atoms in total. The molecule has 11 heteroatoms. The normalized spacial score (nSPS) is 19.4. The zero-order valence-corrected chi connectivity index (χ0v) is 52.1. The number of carbonyl (C=O) groups excluding carboxylic acids is 1. The fourth-order valence-electron chi connectivity index (χ4n) is 11.1. The molecule has 0 spiro atoms. The molecule has 1 rings (SSSR count). The predicted molar refractivity (Wildman–Crippen MR) is 335 cm³/mol. The summed E-state index contributed by atoms with van der Waals surface area (Å²) in [4.78, 5) is 13.2. The highest BCUT2D eigenvalue weighted by Gasteiger charge is 2.44. The monoisotopic (exact) mass is 1130 g/mol. The van der Waals surface area contributed by atoms with Gasteiger partial charge in [-0.3, -0.25) is 4.79 Å². The molecular weight excluding hydrogens is 1000 g/mol. The summed E-state index contributed by atoms with van der Waals surface area (Å²) in [6.07, 6.45) is 62.3. The Morgan fingerprint density at radius 2 is 0.750 bits per heavy atom. The van der Waals surface area contributed by atoms with Crippen LogP contribution in [0.2, 0.25) is 0 Å². The number of hydrogen-bond acceptors (Lipinski definition) is 10. The second kappa shape index (κ2) is 57.7. The zero-order valence-electron chi connectivity index (χ0n) is 52.1. The molecule has 1 aliphatic heterocycles. The molecule has 0 aliphatic carbocycles. The Bertz CT molecular complexity index is 1390. The number of allylic oxidation sites excluding steroid dienone is 6. The van der Waals surface area contributed by atoms with Gasteiger partial charge in [0.05, 0.1) is 25.4 Å². The van der Waals surface area contributed by atoms with Gasteiger partial charge in [0.15, 0.2) is 6.29 Å². The minimum Gasteiger partial charge on any atom is -0.394 e. The minimum atomic E-state index is -1.67. The lowest BCUT2D eigenvalue weighted by Crippen LogP contribution is -2.60. The van der Waals surface area contributed by atoms with Crippen molar-refractivity contribution < 1.29 is 50.0 Å². The van der Waals surface area contributed by atoms with Crippen LogP contribution in [0.4, 0.5) is 0 Å². The van der Waals surface area contributed by atoms with Gasteiger partial charge in [-0.25, -0.2) is 0 Å². The van der Waals surface area contributed by atoms with Crippen molar-refractivity contribution in [3.63, 3.8) is 0 Å². The van der Waals surface area contributed by atoms with Crippen LogP contribution in [-0.4, -0.2) is 110 Å². The number of aliphatic hydroxyl groups excluding tert-OH is 7. The third-order valence-electron chi connectivity index (χ3n) is 16.6. The number of ether oxygens (including phenoxy) is 2. The molecule has 1 aliphatic rings. The summed E-state index contributed by atoms with van der Waals surface area (Å²) in [5, 5.41) is 76.4. The lowest BCUT2D eigenvalue weighted by Gasteiger charge is -2.40. The van der Waals surface area contributed by atoms with E-state index >= 15 is 0 Å². The van der Waals surface area contributed by atoms with E-state index in [-0.39, 0.29) is 12.8 Å². The average Bonchev–Trinajstić information content (AvgIpc) is 3.46. The van der Waals surface area contributed by atoms with Crippen molar-refractivity contribution in [1.29, 1.82) is 0 Å². The summed E-state index contributed by atoms with van der Waals surface area (Å²) in [6, 6.07) is -1.19. The summed E-state index contributed by atoms with van der Waals surface area (Å²) in [7, 11) is 0. The number of aliphatic hydroxyl groups is 7. The highest BCUT2D eigenvalue weighted by Crippen LogP contribution is 2.24. The molecule has 1 saturated heterocycles. The van der Waals surface area contributed by atoms with E-state index in [1.54, 1.807) is 0 Å². The molecule has 9 atom stereocenters. The van der Waals surface area contributed by atoms with E-state index in [1.165, 1.54) is 244 Å². The molecule has 1 heterocycles. The van der Waals surface area contributed by atoms with Crippen molar-refractivity contribution in [3.05, 3.63) is 36.5 Å². The van der Waals surface area contributed by atoms with E-state index in [0.717, 1.165) is 38.5 Å². The van der Waals surface area contributed by atoms with Gasteiger partial charge in [-0.05, 0) is 77.0 Å². The molecule has 1 fully saturated rings. The van der Waals surface area contributed by atoms with Crippen molar-refractivity contribution in [2.75, 3.05) is 13.2 Å². The third-order valence-corrected chi connectivity index (χ3v) is 16.6. The lowest BCUT2D eigenvalue weighted by molar-refractivity contribution is -0.303. The first-order valence-corrected chi connectivity index (χ1v) is 34.4. The third kappa shape index (κ3) is 44.8. The maximum atomic E-state index is 13.2. The summed E-state index contributed by atoms with van der Waals surface area (Å²) >= 11 is 0. The van der Waals surface area contributed by atoms with Crippen molar-refractivity contribution in [1.82, 2.24) is 5.32 Å². The molecule has 472 valence electrons. The van der Waals surface area contributed by atoms with Crippen molar-refractivity contribution in [2.24, 2.45) is 0 Å². The van der Waals surface area contributed by atoms with Gasteiger partial charge >= 0.3 is 0 Å². The van der Waals surface area contributed by atoms with E-state index < -0.39 is 74.2 Å². The second-order valence-electron chi connectivity index (χ2n) is 24.2. The van der Waals surface area contributed by atoms with E-state index in [0.29, 0.717) is 19.3 Å². The van der Waals surface area contributed by atoms with Crippen LogP contribution in [0.15, 0.2) is 36.5 Å². The van der Waals surface area contributed by atoms with Crippen LogP contribution in [0.1, 0.15) is 328 Å². The Balaban J connectivity index is 2.21. The topological polar surface area (TPSA) is 189 Å². The summed E-state index contributed by atoms with van der Waals surface area (Å²) < 4.78 is 11.2. The van der Waals surface area contributed by atoms with Gasteiger partial charge in [-0.1, -0.05) is 288 Å². The second-order valence-corrected chi connectivity index (χ2v) is 24.2. The first kappa shape index (κ1) is 76.3. The highest BCUT2D eigenvalue weighted by atomic mass is 16.7. The number of amides is 1. The van der Waals surface area contributed by atoms with E-state index in [1.807, 2.05) is 0 Å². The molecule has 80 heavy (non-hydrogen) atoms. The van der Waals surface area contributed by atoms with Gasteiger partial charge in [0.2, 0.25) is 5.91 Å². The molecule has 0 aromatic heterocycles. The van der Waals surface area contributed by atoms with Gasteiger partial charge in [0.25, 0.3) is 0 Å². The fourth-order valence-corrected chi connectivity index (χ4v) is 11.1. The molecule has 1 amide bonds. The molecule has 0 saturated carbocycles. The van der Waals surface area contributed by atoms with E-state index in [9.17, 15) is 40.5 Å². The Labute approximate surface area is 492 Å². The summed E-state index contributed by atoms with van der Waals surface area (Å²) in [5.41, 5.74) is 0. The minimum absolute atomic E-state index is 0.248. The first-order valence-electron chi connectivity index (χ1n) is 34.4. The molecule has 9 unspecified atom stereocenters. The number of nitrogens with one attached hydrogen (secondary N) is 1. The Hall–Kier alpha value is -1.67. The predicted octanol–water partition coefficient (Wildman–Crippen LogP) is 16.2. The Morgan fingerprint density at radius 1 is 0.425 bits per heavy atom. The molecule has 0 aromatic carbocycles. The van der Waals surface area contributed by atoms with Gasteiger partial charge in [-0.15, -0.1) is 0 Å². The molecular formula is C69H131NO10. The summed E-state index contributed by atoms with van der Waals surface area (Å²) in [5.74, 6) is -0.705. The van der Waals surface area contributed by atoms with Crippen molar-refractivity contribution >= 4 is 5.91 Å². The van der Waals surface area contributed by atoms with E-state index in [4.69, 9.17) is 9.47 Å². The standard InChI is InChI=1S/C69H131NO10/c1-3-5-7-9-11-13-15-17-19-21-23-25-26-27-28-29-30-31-32-33-34-35-37-39-41-43-45-47-49-51-53-55-57-62(73)68(78)70-60(59-79-69-67(77)66(76)65(75)63(58-71)80-69)64(74)61(72)56-54-52-50-48-46-44-42-40-38-36-24-22-20-18-16-14-12-10-8-6-4-2/h27-28,40,42,48,50,60-67,69,71-77H,3-26,29-39,41,43-47,49,51-59H2,1-2H3,(H,70,78)/b28-27-,42-40+,50-48+. The quantitative estimate of drug-likeness (QED) is 0.0215. The molecule has 0 radical (unpaired) electrons. The lowest BCUT2D eigenvalue weighted by atomic mass is 9.98. The Kier molecular flexibility index (Phi) is 55.1. The van der Waals surface area contributed by atoms with Crippen LogP contribution in [0.25, 0.3) is 0 Å². The van der Waals surface area contributed by atoms with Crippen LogP contribution in [0.5, 0.6) is 0 Å². The maximum absolute atomic E-state index is 13.2. The van der Waals surface area contributed by atoms with E-state index in [2.05, 4.69) is 55.6 Å². The number of carbonyl (C=O) groups is 1.